The lowest BCUT2D eigenvalue weighted by molar-refractivity contribution is -0.298. The summed E-state index contributed by atoms with van der Waals surface area (Å²) in [6.45, 7) is 8.02. The summed E-state index contributed by atoms with van der Waals surface area (Å²) in [4.78, 5) is 11.6. The standard InChI is InChI=1S/C18H17N3O3S/c1-4-9-21-11(2)14(13-7-5-6-8-15(13)21)10-16(17(22)23)25-18-20-19-12(3)24-18/h4-8,10H,1,9H2,2-3H3,(H,22,23)/p-1/b16-10-. The third-order valence-corrected chi connectivity index (χ3v) is 4.62. The summed E-state index contributed by atoms with van der Waals surface area (Å²) in [6, 6.07) is 7.83. The number of carbonyl (C=O) groups excluding carboxylic acids is 1. The molecule has 0 bridgehead atoms. The van der Waals surface area contributed by atoms with Gasteiger partial charge in [-0.25, -0.2) is 0 Å². The van der Waals surface area contributed by atoms with Crippen LogP contribution in [0.2, 0.25) is 0 Å². The molecule has 2 aromatic heterocycles. The largest absolute Gasteiger partial charge is 0.544 e. The number of carbonyl (C=O) groups is 1. The van der Waals surface area contributed by atoms with E-state index in [9.17, 15) is 9.90 Å². The summed E-state index contributed by atoms with van der Waals surface area (Å²) in [5.41, 5.74) is 2.78. The summed E-state index contributed by atoms with van der Waals surface area (Å²) in [5, 5.41) is 20.2. The molecule has 1 aromatic carbocycles. The molecule has 128 valence electrons. The highest BCUT2D eigenvalue weighted by atomic mass is 32.2. The molecule has 2 heterocycles. The Morgan fingerprint density at radius 1 is 1.36 bits per heavy atom. The van der Waals surface area contributed by atoms with E-state index >= 15 is 0 Å². The van der Waals surface area contributed by atoms with Crippen molar-refractivity contribution in [2.24, 2.45) is 0 Å². The Bertz CT molecular complexity index is 985. The van der Waals surface area contributed by atoms with Gasteiger partial charge >= 0.3 is 0 Å². The van der Waals surface area contributed by atoms with Gasteiger partial charge in [-0.05, 0) is 30.8 Å². The fourth-order valence-electron chi connectivity index (χ4n) is 2.68. The van der Waals surface area contributed by atoms with Crippen LogP contribution in [0.25, 0.3) is 17.0 Å². The Labute approximate surface area is 148 Å². The number of fused-ring (bicyclic) bond motifs is 1. The van der Waals surface area contributed by atoms with Crippen molar-refractivity contribution in [1.29, 1.82) is 0 Å². The lowest BCUT2D eigenvalue weighted by Crippen LogP contribution is -2.23. The van der Waals surface area contributed by atoms with Crippen LogP contribution in [-0.4, -0.2) is 20.7 Å². The van der Waals surface area contributed by atoms with E-state index in [1.165, 1.54) is 0 Å². The van der Waals surface area contributed by atoms with Crippen molar-refractivity contribution in [2.75, 3.05) is 0 Å². The second-order valence-corrected chi connectivity index (χ2v) is 6.39. The number of nitrogens with zero attached hydrogens (tertiary/aromatic N) is 3. The Kier molecular flexibility index (Phi) is 4.76. The molecular formula is C18H16N3O3S-. The molecule has 3 aromatic rings. The lowest BCUT2D eigenvalue weighted by atomic mass is 10.1. The molecule has 0 amide bonds. The van der Waals surface area contributed by atoms with Crippen LogP contribution in [0.4, 0.5) is 0 Å². The predicted octanol–water partition coefficient (Wildman–Crippen LogP) is 2.71. The minimum Gasteiger partial charge on any atom is -0.544 e. The first kappa shape index (κ1) is 17.0. The van der Waals surface area contributed by atoms with Crippen molar-refractivity contribution in [3.05, 3.63) is 59.0 Å². The van der Waals surface area contributed by atoms with E-state index in [0.717, 1.165) is 33.9 Å². The van der Waals surface area contributed by atoms with Crippen molar-refractivity contribution >= 4 is 34.7 Å². The number of aromatic nitrogens is 3. The first-order valence-corrected chi connectivity index (χ1v) is 8.42. The zero-order valence-electron chi connectivity index (χ0n) is 13.9. The average molecular weight is 354 g/mol. The highest BCUT2D eigenvalue weighted by Gasteiger charge is 2.14. The molecule has 0 aliphatic rings. The maximum Gasteiger partial charge on any atom is 0.281 e. The van der Waals surface area contributed by atoms with Crippen molar-refractivity contribution < 1.29 is 14.3 Å². The Morgan fingerprint density at radius 3 is 2.76 bits per heavy atom. The maximum absolute atomic E-state index is 11.6. The van der Waals surface area contributed by atoms with Crippen LogP contribution < -0.4 is 5.11 Å². The van der Waals surface area contributed by atoms with Crippen LogP contribution in [0.3, 0.4) is 0 Å². The van der Waals surface area contributed by atoms with Gasteiger partial charge in [0.05, 0.1) is 5.97 Å². The third kappa shape index (κ3) is 3.36. The number of aliphatic carboxylic acids is 1. The fourth-order valence-corrected chi connectivity index (χ4v) is 3.37. The van der Waals surface area contributed by atoms with Gasteiger partial charge in [0.2, 0.25) is 5.89 Å². The number of carboxylic acids is 1. The van der Waals surface area contributed by atoms with Gasteiger partial charge in [-0.15, -0.1) is 16.8 Å². The zero-order chi connectivity index (χ0) is 18.0. The Balaban J connectivity index is 2.12. The SMILES string of the molecule is C=CCn1c(C)c(/C=C(\Sc2nnc(C)o2)C(=O)[O-])c2ccccc21. The predicted molar refractivity (Wildman–Crippen MR) is 94.7 cm³/mol. The average Bonchev–Trinajstić information content (AvgIpc) is 3.11. The number of para-hydroxylation sites is 1. The molecule has 0 aliphatic heterocycles. The fraction of sp³-hybridized carbons (Fsp3) is 0.167. The maximum atomic E-state index is 11.6. The summed E-state index contributed by atoms with van der Waals surface area (Å²) < 4.78 is 7.34. The number of thioether (sulfide) groups is 1. The minimum absolute atomic E-state index is 0.00764. The Morgan fingerprint density at radius 2 is 2.12 bits per heavy atom. The number of hydrogen-bond donors (Lipinski definition) is 0. The molecule has 25 heavy (non-hydrogen) atoms. The third-order valence-electron chi connectivity index (χ3n) is 3.77. The molecule has 0 aliphatic carbocycles. The van der Waals surface area contributed by atoms with E-state index in [1.807, 2.05) is 37.3 Å². The molecule has 7 heteroatoms. The van der Waals surface area contributed by atoms with Crippen molar-refractivity contribution in [3.63, 3.8) is 0 Å². The molecule has 6 nitrogen and oxygen atoms in total. The van der Waals surface area contributed by atoms with E-state index in [-0.39, 0.29) is 10.1 Å². The second-order valence-electron chi connectivity index (χ2n) is 5.40. The quantitative estimate of drug-likeness (QED) is 0.384. The summed E-state index contributed by atoms with van der Waals surface area (Å²) in [5.74, 6) is -0.917. The van der Waals surface area contributed by atoms with Crippen molar-refractivity contribution in [1.82, 2.24) is 14.8 Å². The van der Waals surface area contributed by atoms with Crippen LogP contribution in [0.15, 0.2) is 51.5 Å². The van der Waals surface area contributed by atoms with Gasteiger partial charge in [-0.3, -0.25) is 0 Å². The van der Waals surface area contributed by atoms with Crippen molar-refractivity contribution in [3.8, 4) is 0 Å². The normalized spacial score (nSPS) is 11.8. The van der Waals surface area contributed by atoms with E-state index in [1.54, 1.807) is 13.0 Å². The van der Waals surface area contributed by atoms with Gasteiger partial charge in [0, 0.05) is 40.5 Å². The van der Waals surface area contributed by atoms with E-state index in [0.29, 0.717) is 12.4 Å². The van der Waals surface area contributed by atoms with E-state index in [4.69, 9.17) is 4.42 Å². The van der Waals surface area contributed by atoms with Gasteiger partial charge in [0.1, 0.15) is 0 Å². The van der Waals surface area contributed by atoms with Gasteiger partial charge in [-0.1, -0.05) is 24.3 Å². The first-order valence-electron chi connectivity index (χ1n) is 7.61. The van der Waals surface area contributed by atoms with Gasteiger partial charge in [0.25, 0.3) is 5.22 Å². The molecule has 0 radical (unpaired) electrons. The topological polar surface area (TPSA) is 84.0 Å². The highest BCUT2D eigenvalue weighted by molar-refractivity contribution is 8.03. The number of carboxylic acid groups (broad SMARTS) is 1. The van der Waals surface area contributed by atoms with E-state index < -0.39 is 5.97 Å². The van der Waals surface area contributed by atoms with Crippen LogP contribution in [0.1, 0.15) is 17.1 Å². The lowest BCUT2D eigenvalue weighted by Gasteiger charge is -2.07. The molecule has 0 atom stereocenters. The summed E-state index contributed by atoms with van der Waals surface area (Å²) in [6.07, 6.45) is 3.40. The van der Waals surface area contributed by atoms with Crippen LogP contribution >= 0.6 is 11.8 Å². The van der Waals surface area contributed by atoms with Crippen molar-refractivity contribution in [2.45, 2.75) is 25.6 Å². The van der Waals surface area contributed by atoms with E-state index in [2.05, 4.69) is 21.3 Å². The first-order chi connectivity index (χ1) is 12.0. The highest BCUT2D eigenvalue weighted by Crippen LogP contribution is 2.32. The number of hydrogen-bond acceptors (Lipinski definition) is 6. The number of rotatable bonds is 6. The van der Waals surface area contributed by atoms with Crippen LogP contribution in [-0.2, 0) is 11.3 Å². The molecule has 0 spiro atoms. The number of aryl methyl sites for hydroxylation is 1. The molecule has 3 rings (SSSR count). The zero-order valence-corrected chi connectivity index (χ0v) is 14.7. The molecule has 0 fully saturated rings. The Hall–Kier alpha value is -2.80. The molecule has 0 saturated heterocycles. The van der Waals surface area contributed by atoms with Crippen LogP contribution in [0, 0.1) is 13.8 Å². The summed E-state index contributed by atoms with van der Waals surface area (Å²) in [7, 11) is 0. The summed E-state index contributed by atoms with van der Waals surface area (Å²) >= 11 is 0.882. The second kappa shape index (κ2) is 6.98. The number of allylic oxidation sites excluding steroid dienone is 1. The molecule has 0 N–H and O–H groups in total. The molecular weight excluding hydrogens is 338 g/mol. The minimum atomic E-state index is -1.29. The smallest absolute Gasteiger partial charge is 0.281 e. The molecule has 0 unspecified atom stereocenters. The number of benzene rings is 1. The van der Waals surface area contributed by atoms with Crippen LogP contribution in [0.5, 0.6) is 0 Å². The van der Waals surface area contributed by atoms with Gasteiger partial charge in [-0.2, -0.15) is 0 Å². The monoisotopic (exact) mass is 354 g/mol. The van der Waals surface area contributed by atoms with Gasteiger partial charge < -0.3 is 18.9 Å². The van der Waals surface area contributed by atoms with Gasteiger partial charge in [0.15, 0.2) is 0 Å². The molecule has 0 saturated carbocycles.